The summed E-state index contributed by atoms with van der Waals surface area (Å²) in [5.74, 6) is 0.0151. The fourth-order valence-electron chi connectivity index (χ4n) is 2.91. The summed E-state index contributed by atoms with van der Waals surface area (Å²) in [6.45, 7) is 6.45. The molecule has 1 unspecified atom stereocenters. The van der Waals surface area contributed by atoms with Crippen molar-refractivity contribution in [2.45, 2.75) is 58.9 Å². The van der Waals surface area contributed by atoms with E-state index >= 15 is 0 Å². The maximum Gasteiger partial charge on any atom is 0.224 e. The van der Waals surface area contributed by atoms with Crippen LogP contribution < -0.4 is 10.6 Å². The van der Waals surface area contributed by atoms with Crippen LogP contribution >= 0.6 is 11.6 Å². The molecule has 0 radical (unpaired) electrons. The third kappa shape index (κ3) is 4.13. The molecule has 116 valence electrons. The van der Waals surface area contributed by atoms with E-state index in [0.29, 0.717) is 17.5 Å². The van der Waals surface area contributed by atoms with Crippen molar-refractivity contribution in [1.82, 2.24) is 0 Å². The summed E-state index contributed by atoms with van der Waals surface area (Å²) in [6.07, 6.45) is 5.42. The summed E-state index contributed by atoms with van der Waals surface area (Å²) >= 11 is 6.30. The Morgan fingerprint density at radius 2 is 2.14 bits per heavy atom. The standard InChI is InChI=1S/C17H25ClN2O/c1-4-16(21)19-12-8-9-13(18)14(11-12)20-15-7-5-6-10-17(15,2)3/h8-9,11,15,20H,4-7,10H2,1-3H3,(H,19,21). The van der Waals surface area contributed by atoms with Gasteiger partial charge in [-0.3, -0.25) is 4.79 Å². The third-order valence-electron chi connectivity index (χ3n) is 4.41. The first-order valence-electron chi connectivity index (χ1n) is 7.78. The van der Waals surface area contributed by atoms with Crippen LogP contribution in [0, 0.1) is 5.41 Å². The lowest BCUT2D eigenvalue weighted by atomic mass is 9.73. The molecular weight excluding hydrogens is 284 g/mol. The molecule has 1 aliphatic carbocycles. The lowest BCUT2D eigenvalue weighted by Crippen LogP contribution is -2.39. The van der Waals surface area contributed by atoms with E-state index in [1.54, 1.807) is 0 Å². The predicted octanol–water partition coefficient (Wildman–Crippen LogP) is 5.07. The van der Waals surface area contributed by atoms with E-state index in [4.69, 9.17) is 11.6 Å². The molecule has 0 aliphatic heterocycles. The maximum atomic E-state index is 11.5. The summed E-state index contributed by atoms with van der Waals surface area (Å²) in [5, 5.41) is 7.17. The lowest BCUT2D eigenvalue weighted by Gasteiger charge is -2.39. The van der Waals surface area contributed by atoms with Gasteiger partial charge in [0.1, 0.15) is 0 Å². The largest absolute Gasteiger partial charge is 0.381 e. The fraction of sp³-hybridized carbons (Fsp3) is 0.588. The molecule has 1 aromatic carbocycles. The summed E-state index contributed by atoms with van der Waals surface area (Å²) in [6, 6.07) is 6.03. The van der Waals surface area contributed by atoms with Gasteiger partial charge in [0.15, 0.2) is 0 Å². The fourth-order valence-corrected chi connectivity index (χ4v) is 3.08. The van der Waals surface area contributed by atoms with E-state index in [2.05, 4.69) is 24.5 Å². The molecule has 2 N–H and O–H groups in total. The van der Waals surface area contributed by atoms with Gasteiger partial charge in [-0.05, 0) is 36.5 Å². The van der Waals surface area contributed by atoms with Crippen LogP contribution in [0.15, 0.2) is 18.2 Å². The Balaban J connectivity index is 2.15. The molecule has 0 bridgehead atoms. The Morgan fingerprint density at radius 1 is 1.38 bits per heavy atom. The first-order valence-corrected chi connectivity index (χ1v) is 8.16. The molecular formula is C17H25ClN2O. The van der Waals surface area contributed by atoms with Gasteiger partial charge in [0, 0.05) is 18.2 Å². The second kappa shape index (κ2) is 6.69. The molecule has 4 heteroatoms. The second-order valence-electron chi connectivity index (χ2n) is 6.53. The highest BCUT2D eigenvalue weighted by Crippen LogP contribution is 2.38. The Morgan fingerprint density at radius 3 is 2.81 bits per heavy atom. The Hall–Kier alpha value is -1.22. The van der Waals surface area contributed by atoms with Crippen LogP contribution in [0.2, 0.25) is 5.02 Å². The quantitative estimate of drug-likeness (QED) is 0.815. The van der Waals surface area contributed by atoms with E-state index in [-0.39, 0.29) is 11.3 Å². The number of rotatable bonds is 4. The minimum Gasteiger partial charge on any atom is -0.381 e. The number of benzene rings is 1. The number of carbonyl (C=O) groups excluding carboxylic acids is 1. The van der Waals surface area contributed by atoms with E-state index in [1.165, 1.54) is 19.3 Å². The van der Waals surface area contributed by atoms with Crippen LogP contribution in [-0.2, 0) is 4.79 Å². The molecule has 0 heterocycles. The van der Waals surface area contributed by atoms with E-state index < -0.39 is 0 Å². The molecule has 1 amide bonds. The van der Waals surface area contributed by atoms with Crippen LogP contribution in [0.1, 0.15) is 52.9 Å². The molecule has 1 aromatic rings. The van der Waals surface area contributed by atoms with Crippen LogP contribution in [-0.4, -0.2) is 11.9 Å². The number of halogens is 1. The van der Waals surface area contributed by atoms with Gasteiger partial charge < -0.3 is 10.6 Å². The van der Waals surface area contributed by atoms with Crippen molar-refractivity contribution in [3.8, 4) is 0 Å². The molecule has 1 saturated carbocycles. The molecule has 2 rings (SSSR count). The van der Waals surface area contributed by atoms with Crippen molar-refractivity contribution in [3.05, 3.63) is 23.2 Å². The van der Waals surface area contributed by atoms with Gasteiger partial charge in [0.25, 0.3) is 0 Å². The molecule has 0 aromatic heterocycles. The Bertz CT molecular complexity index is 514. The molecule has 1 fully saturated rings. The average molecular weight is 309 g/mol. The molecule has 1 atom stereocenters. The van der Waals surface area contributed by atoms with Crippen LogP contribution in [0.5, 0.6) is 0 Å². The molecule has 3 nitrogen and oxygen atoms in total. The zero-order chi connectivity index (χ0) is 15.5. The van der Waals surface area contributed by atoms with E-state index in [0.717, 1.165) is 17.8 Å². The van der Waals surface area contributed by atoms with Crippen molar-refractivity contribution in [1.29, 1.82) is 0 Å². The Labute approximate surface area is 132 Å². The van der Waals surface area contributed by atoms with Crippen molar-refractivity contribution in [3.63, 3.8) is 0 Å². The van der Waals surface area contributed by atoms with Crippen LogP contribution in [0.3, 0.4) is 0 Å². The van der Waals surface area contributed by atoms with E-state index in [1.807, 2.05) is 25.1 Å². The maximum absolute atomic E-state index is 11.5. The normalized spacial score (nSPS) is 20.9. The number of hydrogen-bond acceptors (Lipinski definition) is 2. The minimum absolute atomic E-state index is 0.0151. The van der Waals surface area contributed by atoms with Crippen molar-refractivity contribution in [2.24, 2.45) is 5.41 Å². The van der Waals surface area contributed by atoms with Crippen molar-refractivity contribution >= 4 is 28.9 Å². The van der Waals surface area contributed by atoms with E-state index in [9.17, 15) is 4.79 Å². The highest BCUT2D eigenvalue weighted by Gasteiger charge is 2.32. The van der Waals surface area contributed by atoms with Gasteiger partial charge in [-0.15, -0.1) is 0 Å². The molecule has 1 aliphatic rings. The highest BCUT2D eigenvalue weighted by atomic mass is 35.5. The summed E-state index contributed by atoms with van der Waals surface area (Å²) in [4.78, 5) is 11.5. The van der Waals surface area contributed by atoms with Gasteiger partial charge >= 0.3 is 0 Å². The number of anilines is 2. The molecule has 0 spiro atoms. The lowest BCUT2D eigenvalue weighted by molar-refractivity contribution is -0.115. The SMILES string of the molecule is CCC(=O)Nc1ccc(Cl)c(NC2CCCCC2(C)C)c1. The number of amides is 1. The minimum atomic E-state index is 0.0151. The van der Waals surface area contributed by atoms with Crippen LogP contribution in [0.4, 0.5) is 11.4 Å². The van der Waals surface area contributed by atoms with Crippen LogP contribution in [0.25, 0.3) is 0 Å². The molecule has 0 saturated heterocycles. The summed E-state index contributed by atoms with van der Waals surface area (Å²) in [5.41, 5.74) is 1.97. The zero-order valence-corrected chi connectivity index (χ0v) is 13.9. The smallest absolute Gasteiger partial charge is 0.224 e. The van der Waals surface area contributed by atoms with Gasteiger partial charge in [0.05, 0.1) is 10.7 Å². The van der Waals surface area contributed by atoms with Gasteiger partial charge in [0.2, 0.25) is 5.91 Å². The topological polar surface area (TPSA) is 41.1 Å². The zero-order valence-electron chi connectivity index (χ0n) is 13.1. The number of hydrogen-bond donors (Lipinski definition) is 2. The summed E-state index contributed by atoms with van der Waals surface area (Å²) < 4.78 is 0. The number of carbonyl (C=O) groups is 1. The Kier molecular flexibility index (Phi) is 5.15. The highest BCUT2D eigenvalue weighted by molar-refractivity contribution is 6.33. The van der Waals surface area contributed by atoms with Crippen molar-refractivity contribution in [2.75, 3.05) is 10.6 Å². The number of nitrogens with one attached hydrogen (secondary N) is 2. The first-order chi connectivity index (χ1) is 9.92. The molecule has 21 heavy (non-hydrogen) atoms. The van der Waals surface area contributed by atoms with Gasteiger partial charge in [-0.25, -0.2) is 0 Å². The average Bonchev–Trinajstić information content (AvgIpc) is 2.44. The van der Waals surface area contributed by atoms with Crippen molar-refractivity contribution < 1.29 is 4.79 Å². The van der Waals surface area contributed by atoms with Gasteiger partial charge in [-0.2, -0.15) is 0 Å². The predicted molar refractivity (Wildman–Crippen MR) is 90.0 cm³/mol. The monoisotopic (exact) mass is 308 g/mol. The van der Waals surface area contributed by atoms with Gasteiger partial charge in [-0.1, -0.05) is 45.2 Å². The first kappa shape index (κ1) is 16.2. The summed E-state index contributed by atoms with van der Waals surface area (Å²) in [7, 11) is 0. The third-order valence-corrected chi connectivity index (χ3v) is 4.74. The second-order valence-corrected chi connectivity index (χ2v) is 6.93.